The van der Waals surface area contributed by atoms with Crippen molar-refractivity contribution >= 4 is 65.1 Å². The lowest BCUT2D eigenvalue weighted by Crippen LogP contribution is -2.55. The zero-order chi connectivity index (χ0) is 78.1. The lowest BCUT2D eigenvalue weighted by Gasteiger charge is -2.45. The van der Waals surface area contributed by atoms with Crippen molar-refractivity contribution in [3.63, 3.8) is 0 Å². The number of carbonyl (C=O) groups is 5. The molecule has 6 amide bonds. The largest absolute Gasteiger partial charge is 0.453 e. The number of piperidine rings is 3. The number of aromatic nitrogens is 2. The van der Waals surface area contributed by atoms with E-state index >= 15 is 0 Å². The molecule has 5 heterocycles. The molecule has 0 spiro atoms. The Hall–Kier alpha value is -8.25. The Morgan fingerprint density at radius 2 is 0.862 bits per heavy atom. The number of nitrogens with zero attached hydrogens (tertiary/aromatic N) is 5. The van der Waals surface area contributed by atoms with Gasteiger partial charge < -0.3 is 70.8 Å². The Kier molecular flexibility index (Phi) is 32.0. The number of carbonyl (C=O) groups excluding carboxylic acids is 5. The second-order valence-corrected chi connectivity index (χ2v) is 30.1. The molecule has 4 aliphatic heterocycles. The molecular formula is C85H112Cl3N10O11+. The van der Waals surface area contributed by atoms with Crippen LogP contribution in [-0.4, -0.2) is 171 Å². The first-order chi connectivity index (χ1) is 52.6. The van der Waals surface area contributed by atoms with Crippen molar-refractivity contribution in [2.24, 2.45) is 24.8 Å². The maximum Gasteiger partial charge on any atom is 0.415 e. The van der Waals surface area contributed by atoms with Crippen LogP contribution in [0, 0.1) is 17.8 Å². The monoisotopic (exact) mass is 1550 g/mol. The summed E-state index contributed by atoms with van der Waals surface area (Å²) in [6.45, 7) is 14.4. The van der Waals surface area contributed by atoms with Crippen molar-refractivity contribution < 1.29 is 58.1 Å². The van der Waals surface area contributed by atoms with Crippen LogP contribution in [0.4, 0.5) is 24.0 Å². The number of rotatable bonds is 24. The van der Waals surface area contributed by atoms with Crippen LogP contribution >= 0.6 is 34.8 Å². The maximum atomic E-state index is 13.4. The smallest absolute Gasteiger partial charge is 0.415 e. The second-order valence-electron chi connectivity index (χ2n) is 28.9. The van der Waals surface area contributed by atoms with Gasteiger partial charge in [0.2, 0.25) is 0 Å². The lowest BCUT2D eigenvalue weighted by molar-refractivity contribution is -0.670. The number of urea groups is 1. The van der Waals surface area contributed by atoms with Gasteiger partial charge in [0.1, 0.15) is 12.4 Å². The van der Waals surface area contributed by atoms with Gasteiger partial charge >= 0.3 is 30.3 Å². The number of hydrogen-bond acceptors (Lipinski definition) is 13. The molecule has 0 aliphatic carbocycles. The minimum absolute atomic E-state index is 0.0397. The van der Waals surface area contributed by atoms with Gasteiger partial charge in [0.15, 0.2) is 0 Å². The normalized spacial score (nSPS) is 18.2. The van der Waals surface area contributed by atoms with E-state index in [9.17, 15) is 39.3 Å². The summed E-state index contributed by atoms with van der Waals surface area (Å²) in [6, 6.07) is 42.0. The summed E-state index contributed by atoms with van der Waals surface area (Å²) in [5.41, 5.74) is 7.81. The molecule has 1 aromatic heterocycles. The van der Waals surface area contributed by atoms with Crippen LogP contribution in [0.25, 0.3) is 33.4 Å². The van der Waals surface area contributed by atoms with Gasteiger partial charge in [-0.15, -0.1) is 0 Å². The van der Waals surface area contributed by atoms with Crippen molar-refractivity contribution in [2.45, 2.75) is 134 Å². The van der Waals surface area contributed by atoms with Crippen LogP contribution in [0.1, 0.15) is 131 Å². The predicted octanol–water partition coefficient (Wildman–Crippen LogP) is 14.4. The highest BCUT2D eigenvalue weighted by molar-refractivity contribution is 6.34. The number of ether oxygens (including phenoxy) is 3. The van der Waals surface area contributed by atoms with Crippen LogP contribution in [0.2, 0.25) is 15.1 Å². The topological polar surface area (TPSA) is 252 Å². The molecule has 7 aromatic rings. The molecule has 588 valence electrons. The van der Waals surface area contributed by atoms with Crippen molar-refractivity contribution in [2.75, 3.05) is 106 Å². The highest BCUT2D eigenvalue weighted by Crippen LogP contribution is 2.49. The van der Waals surface area contributed by atoms with Crippen LogP contribution < -0.4 is 31.2 Å². The number of methoxy groups -OCH3 is 3. The Bertz CT molecular complexity index is 4150. The standard InChI is InChI=1S/C30H37ClN4O4.C30H41ClN4O4.C25H33ClN2O3/c1-4-22-9-5-10-23(19-22)27-25(12-6-13-26(27)31)30(38,14-8-15-32-28(36)39-3)24-11-7-16-34(20-24)29(37)35-18-17-33(2)21-35;1-3-22-8-4-9-23(20-22)27-25(11-5-12-26(27)31)30(38,13-7-14-33-28(36)39-2)24-10-6-17-35(21-24)29(37)34-18-15-32-16-19-34;1-3-18-8-4-9-19(16-18)23-21(11-5-12-22(23)26)25(30,20-10-6-14-27-17-20)13-7-15-28-24(29)31-2/h5-6,9-10,12-13,17-19,21,24,38H,4,7-8,11,14-16,20H2,1-3H3;4-5,8-9,11-12,20,24,32,38H,3,6-7,10,13-19,21H2,1-2H3,(H,33,36);4-5,8-9,11-12,16,20,27,30H,3,6-7,10,13-15,17H2,1-2H3,(H,28,29)/p+1. The van der Waals surface area contributed by atoms with E-state index in [4.69, 9.17) is 44.3 Å². The zero-order valence-electron chi connectivity index (χ0n) is 64.4. The van der Waals surface area contributed by atoms with E-state index in [0.29, 0.717) is 112 Å². The number of nitrogens with one attached hydrogen (secondary N) is 5. The average Bonchev–Trinajstić information content (AvgIpc) is 0.830. The lowest BCUT2D eigenvalue weighted by atomic mass is 9.72. The van der Waals surface area contributed by atoms with Crippen LogP contribution in [0.15, 0.2) is 146 Å². The summed E-state index contributed by atoms with van der Waals surface area (Å²) in [6.07, 6.45) is 14.6. The summed E-state index contributed by atoms with van der Waals surface area (Å²) in [5, 5.41) is 54.2. The molecule has 0 radical (unpaired) electrons. The molecule has 0 saturated carbocycles. The number of imidazole rings is 1. The zero-order valence-corrected chi connectivity index (χ0v) is 66.6. The minimum atomic E-state index is -1.29. The Morgan fingerprint density at radius 1 is 0.486 bits per heavy atom. The van der Waals surface area contributed by atoms with Crippen molar-refractivity contribution in [1.82, 2.24) is 45.9 Å². The predicted molar refractivity (Wildman–Crippen MR) is 430 cm³/mol. The highest BCUT2D eigenvalue weighted by Gasteiger charge is 2.46. The number of benzene rings is 6. The summed E-state index contributed by atoms with van der Waals surface area (Å²) in [4.78, 5) is 67.1. The molecule has 6 aromatic carbocycles. The number of amides is 6. The van der Waals surface area contributed by atoms with E-state index in [0.717, 1.165) is 134 Å². The third kappa shape index (κ3) is 21.9. The molecule has 11 rings (SSSR count). The van der Waals surface area contributed by atoms with E-state index in [1.54, 1.807) is 17.1 Å². The van der Waals surface area contributed by atoms with Crippen molar-refractivity contribution in [3.8, 4) is 33.4 Å². The second kappa shape index (κ2) is 41.1. The third-order valence-corrected chi connectivity index (χ3v) is 22.9. The van der Waals surface area contributed by atoms with Gasteiger partial charge in [-0.3, -0.25) is 0 Å². The van der Waals surface area contributed by atoms with E-state index < -0.39 is 35.1 Å². The third-order valence-electron chi connectivity index (χ3n) is 22.0. The molecule has 6 unspecified atom stereocenters. The molecule has 6 atom stereocenters. The van der Waals surface area contributed by atoms with Gasteiger partial charge in [-0.2, -0.15) is 4.57 Å². The number of hydrogen-bond donors (Lipinski definition) is 8. The summed E-state index contributed by atoms with van der Waals surface area (Å²) < 4.78 is 17.5. The fourth-order valence-corrected chi connectivity index (χ4v) is 16.9. The molecule has 24 heteroatoms. The number of halogens is 3. The molecule has 4 fully saturated rings. The summed E-state index contributed by atoms with van der Waals surface area (Å²) >= 11 is 20.4. The van der Waals surface area contributed by atoms with Crippen LogP contribution in [0.3, 0.4) is 0 Å². The summed E-state index contributed by atoms with van der Waals surface area (Å²) in [5.74, 6) is -0.363. The first-order valence-corrected chi connectivity index (χ1v) is 39.8. The van der Waals surface area contributed by atoms with Gasteiger partial charge in [-0.05, 0) is 171 Å². The van der Waals surface area contributed by atoms with E-state index in [2.05, 4.69) is 94.6 Å². The molecule has 4 aliphatic rings. The Labute approximate surface area is 658 Å². The van der Waals surface area contributed by atoms with Crippen LogP contribution in [-0.2, 0) is 57.3 Å². The number of aliphatic hydroxyl groups is 3. The SMILES string of the molecule is CCc1cccc(-c2c(Cl)cccc2C(O)(CCCNC(=O)OC)C2CCCN(C(=O)N3CCNCC3)C2)c1.CCc1cccc(-c2c(Cl)cccc2C(O)(CCCNC(=O)OC)C2CCCN(C(=O)n3cc[n+](C)c3)C2)c1.CCc1cccc(-c2c(Cl)cccc2C(O)(CCCNC(=O)OC)C2CCCNC2)c1. The van der Waals surface area contributed by atoms with Crippen LogP contribution in [0.5, 0.6) is 0 Å². The molecular weight excluding hydrogens is 1440 g/mol. The molecule has 8 N–H and O–H groups in total. The molecule has 4 saturated heterocycles. The quantitative estimate of drug-likeness (QED) is 0.0159. The van der Waals surface area contributed by atoms with Gasteiger partial charge in [-0.1, -0.05) is 165 Å². The van der Waals surface area contributed by atoms with Crippen molar-refractivity contribution in [1.29, 1.82) is 0 Å². The first kappa shape index (κ1) is 84.8. The number of likely N-dealkylation sites (tertiary alicyclic amines) is 2. The number of aryl methyl sites for hydroxylation is 4. The molecule has 21 nitrogen and oxygen atoms in total. The Morgan fingerprint density at radius 3 is 1.22 bits per heavy atom. The van der Waals surface area contributed by atoms with E-state index in [1.165, 1.54) is 38.0 Å². The fraction of sp³-hybridized carbons (Fsp3) is 0.482. The number of alkyl carbamates (subject to hydrolysis) is 3. The van der Waals surface area contributed by atoms with E-state index in [-0.39, 0.29) is 29.8 Å². The van der Waals surface area contributed by atoms with E-state index in [1.807, 2.05) is 117 Å². The Balaban J connectivity index is 0.000000190. The first-order valence-electron chi connectivity index (χ1n) is 38.7. The maximum absolute atomic E-state index is 13.4. The van der Waals surface area contributed by atoms with Gasteiger partial charge in [0.05, 0.1) is 45.2 Å². The molecule has 0 bridgehead atoms. The van der Waals surface area contributed by atoms with Gasteiger partial charge in [-0.25, -0.2) is 28.5 Å². The average molecular weight is 1560 g/mol. The van der Waals surface area contributed by atoms with Gasteiger partial charge in [0.25, 0.3) is 6.33 Å². The van der Waals surface area contributed by atoms with Crippen molar-refractivity contribution in [3.05, 3.63) is 195 Å². The van der Waals surface area contributed by atoms with Gasteiger partial charge in [0, 0.05) is 128 Å². The summed E-state index contributed by atoms with van der Waals surface area (Å²) in [7, 11) is 5.88. The number of piperazine rings is 1. The molecule has 109 heavy (non-hydrogen) atoms. The minimum Gasteiger partial charge on any atom is -0.453 e. The highest BCUT2D eigenvalue weighted by atomic mass is 35.5. The fourth-order valence-electron chi connectivity index (χ4n) is 16.0.